The van der Waals surface area contributed by atoms with Crippen molar-refractivity contribution in [2.24, 2.45) is 0 Å². The van der Waals surface area contributed by atoms with Crippen LogP contribution in [0, 0.1) is 11.6 Å². The average molecular weight is 307 g/mol. The van der Waals surface area contributed by atoms with E-state index in [1.807, 2.05) is 14.1 Å². The quantitative estimate of drug-likeness (QED) is 0.813. The van der Waals surface area contributed by atoms with Gasteiger partial charge < -0.3 is 10.2 Å². The zero-order valence-corrected chi connectivity index (χ0v) is 11.7. The van der Waals surface area contributed by atoms with Crippen LogP contribution < -0.4 is 5.32 Å². The molecule has 0 atom stereocenters. The number of hydrogen-bond acceptors (Lipinski definition) is 2. The fourth-order valence-corrected chi connectivity index (χ4v) is 1.88. The third kappa shape index (κ3) is 5.10. The van der Waals surface area contributed by atoms with Gasteiger partial charge in [0.15, 0.2) is 0 Å². The molecule has 1 N–H and O–H groups in total. The number of hydrogen-bond donors (Lipinski definition) is 1. The van der Waals surface area contributed by atoms with E-state index >= 15 is 0 Å². The van der Waals surface area contributed by atoms with Gasteiger partial charge in [0.25, 0.3) is 0 Å². The van der Waals surface area contributed by atoms with Gasteiger partial charge in [0.05, 0.1) is 0 Å². The van der Waals surface area contributed by atoms with Crippen molar-refractivity contribution in [2.75, 3.05) is 27.2 Å². The summed E-state index contributed by atoms with van der Waals surface area (Å²) >= 11 is 3.05. The lowest BCUT2D eigenvalue weighted by molar-refractivity contribution is 0.393. The largest absolute Gasteiger partial charge is 0.312 e. The van der Waals surface area contributed by atoms with E-state index in [2.05, 4.69) is 26.1 Å². The molecule has 1 rings (SSSR count). The highest BCUT2D eigenvalue weighted by Gasteiger charge is 2.09. The topological polar surface area (TPSA) is 15.3 Å². The van der Waals surface area contributed by atoms with Gasteiger partial charge in [-0.2, -0.15) is 0 Å². The molecule has 0 heterocycles. The second-order valence-corrected chi connectivity index (χ2v) is 5.10. The van der Waals surface area contributed by atoms with Gasteiger partial charge >= 0.3 is 0 Å². The standard InChI is InChI=1S/C12H17BrF2N2/c1-17(2)5-3-4-16-8-10-11(14)6-9(13)7-12(10)15/h6-7,16H,3-5,8H2,1-2H3. The minimum absolute atomic E-state index is 0.0954. The van der Waals surface area contributed by atoms with E-state index in [4.69, 9.17) is 0 Å². The molecule has 96 valence electrons. The van der Waals surface area contributed by atoms with Crippen molar-refractivity contribution in [3.8, 4) is 0 Å². The highest BCUT2D eigenvalue weighted by atomic mass is 79.9. The molecule has 0 aliphatic rings. The third-order valence-corrected chi connectivity index (χ3v) is 2.82. The van der Waals surface area contributed by atoms with Crippen molar-refractivity contribution in [3.63, 3.8) is 0 Å². The molecule has 0 spiro atoms. The van der Waals surface area contributed by atoms with Gasteiger partial charge in [-0.1, -0.05) is 15.9 Å². The van der Waals surface area contributed by atoms with Crippen molar-refractivity contribution in [3.05, 3.63) is 33.8 Å². The lowest BCUT2D eigenvalue weighted by atomic mass is 10.2. The Labute approximate surface area is 109 Å². The summed E-state index contributed by atoms with van der Waals surface area (Å²) in [5.74, 6) is -1.03. The summed E-state index contributed by atoms with van der Waals surface area (Å²) in [5.41, 5.74) is 0.0954. The van der Waals surface area contributed by atoms with E-state index in [-0.39, 0.29) is 12.1 Å². The molecule has 1 aromatic rings. The van der Waals surface area contributed by atoms with Crippen LogP contribution in [0.4, 0.5) is 8.78 Å². The number of rotatable bonds is 6. The molecule has 5 heteroatoms. The van der Waals surface area contributed by atoms with Crippen LogP contribution in [0.3, 0.4) is 0 Å². The minimum Gasteiger partial charge on any atom is -0.312 e. The summed E-state index contributed by atoms with van der Waals surface area (Å²) in [6.45, 7) is 1.92. The number of nitrogens with one attached hydrogen (secondary N) is 1. The molecule has 0 amide bonds. The van der Waals surface area contributed by atoms with Gasteiger partial charge in [0.1, 0.15) is 11.6 Å². The van der Waals surface area contributed by atoms with Gasteiger partial charge in [0, 0.05) is 16.6 Å². The Morgan fingerprint density at radius 3 is 2.35 bits per heavy atom. The van der Waals surface area contributed by atoms with Crippen LogP contribution in [0.1, 0.15) is 12.0 Å². The molecule has 0 saturated carbocycles. The first kappa shape index (κ1) is 14.5. The average Bonchev–Trinajstić information content (AvgIpc) is 2.20. The maximum atomic E-state index is 13.4. The van der Waals surface area contributed by atoms with Crippen molar-refractivity contribution in [1.29, 1.82) is 0 Å². The Kier molecular flexibility index (Phi) is 6.02. The molecule has 0 aliphatic carbocycles. The second kappa shape index (κ2) is 7.03. The predicted octanol–water partition coefficient (Wildman–Crippen LogP) is 2.77. The lowest BCUT2D eigenvalue weighted by Crippen LogP contribution is -2.21. The normalized spacial score (nSPS) is 11.2. The van der Waals surface area contributed by atoms with Crippen molar-refractivity contribution >= 4 is 15.9 Å². The van der Waals surface area contributed by atoms with E-state index in [1.54, 1.807) is 0 Å². The first-order valence-corrected chi connectivity index (χ1v) is 6.29. The number of nitrogens with zero attached hydrogens (tertiary/aromatic N) is 1. The van der Waals surface area contributed by atoms with E-state index < -0.39 is 11.6 Å². The van der Waals surface area contributed by atoms with Crippen LogP contribution in [0.2, 0.25) is 0 Å². The monoisotopic (exact) mass is 306 g/mol. The molecule has 0 aromatic heterocycles. The molecule has 17 heavy (non-hydrogen) atoms. The van der Waals surface area contributed by atoms with Crippen LogP contribution in [-0.2, 0) is 6.54 Å². The highest BCUT2D eigenvalue weighted by Crippen LogP contribution is 2.19. The van der Waals surface area contributed by atoms with E-state index in [0.29, 0.717) is 4.47 Å². The zero-order valence-electron chi connectivity index (χ0n) is 10.1. The van der Waals surface area contributed by atoms with Gasteiger partial charge in [0.2, 0.25) is 0 Å². The first-order chi connectivity index (χ1) is 8.00. The zero-order chi connectivity index (χ0) is 12.8. The summed E-state index contributed by atoms with van der Waals surface area (Å²) in [5, 5.41) is 3.04. The molecular formula is C12H17BrF2N2. The van der Waals surface area contributed by atoms with Crippen LogP contribution in [0.25, 0.3) is 0 Å². The maximum Gasteiger partial charge on any atom is 0.131 e. The van der Waals surface area contributed by atoms with E-state index in [0.717, 1.165) is 19.5 Å². The van der Waals surface area contributed by atoms with Crippen molar-refractivity contribution in [2.45, 2.75) is 13.0 Å². The number of halogens is 3. The Hall–Kier alpha value is -0.520. The Morgan fingerprint density at radius 2 is 1.82 bits per heavy atom. The fraction of sp³-hybridized carbons (Fsp3) is 0.500. The summed E-state index contributed by atoms with van der Waals surface area (Å²) in [6.07, 6.45) is 0.951. The summed E-state index contributed by atoms with van der Waals surface area (Å²) in [6, 6.07) is 2.56. The predicted molar refractivity (Wildman–Crippen MR) is 68.9 cm³/mol. The third-order valence-electron chi connectivity index (χ3n) is 2.37. The SMILES string of the molecule is CN(C)CCCNCc1c(F)cc(Br)cc1F. The molecule has 1 aromatic carbocycles. The first-order valence-electron chi connectivity index (χ1n) is 5.49. The van der Waals surface area contributed by atoms with Crippen LogP contribution in [0.5, 0.6) is 0 Å². The summed E-state index contributed by atoms with van der Waals surface area (Å²) in [7, 11) is 3.99. The Morgan fingerprint density at radius 1 is 1.24 bits per heavy atom. The molecule has 0 unspecified atom stereocenters. The molecule has 0 saturated heterocycles. The number of benzene rings is 1. The smallest absolute Gasteiger partial charge is 0.131 e. The molecule has 0 fully saturated rings. The van der Waals surface area contributed by atoms with Crippen molar-refractivity contribution < 1.29 is 8.78 Å². The second-order valence-electron chi connectivity index (χ2n) is 4.18. The fourth-order valence-electron chi connectivity index (χ4n) is 1.47. The summed E-state index contributed by atoms with van der Waals surface area (Å²) < 4.78 is 27.3. The molecule has 2 nitrogen and oxygen atoms in total. The van der Waals surface area contributed by atoms with E-state index in [1.165, 1.54) is 12.1 Å². The van der Waals surface area contributed by atoms with Crippen LogP contribution >= 0.6 is 15.9 Å². The lowest BCUT2D eigenvalue weighted by Gasteiger charge is -2.10. The molecule has 0 bridgehead atoms. The van der Waals surface area contributed by atoms with Crippen LogP contribution in [-0.4, -0.2) is 32.1 Å². The Balaban J connectivity index is 2.42. The van der Waals surface area contributed by atoms with Gasteiger partial charge in [-0.05, 0) is 45.7 Å². The Bertz CT molecular complexity index is 347. The van der Waals surface area contributed by atoms with Crippen LogP contribution in [0.15, 0.2) is 16.6 Å². The molecule has 0 aliphatic heterocycles. The minimum atomic E-state index is -0.517. The molecule has 0 radical (unpaired) electrons. The van der Waals surface area contributed by atoms with Gasteiger partial charge in [-0.3, -0.25) is 0 Å². The highest BCUT2D eigenvalue weighted by molar-refractivity contribution is 9.10. The van der Waals surface area contributed by atoms with E-state index in [9.17, 15) is 8.78 Å². The van der Waals surface area contributed by atoms with Gasteiger partial charge in [-0.15, -0.1) is 0 Å². The molecular weight excluding hydrogens is 290 g/mol. The maximum absolute atomic E-state index is 13.4. The summed E-state index contributed by atoms with van der Waals surface area (Å²) in [4.78, 5) is 2.07. The van der Waals surface area contributed by atoms with Crippen molar-refractivity contribution in [1.82, 2.24) is 10.2 Å². The van der Waals surface area contributed by atoms with Gasteiger partial charge in [-0.25, -0.2) is 8.78 Å².